The summed E-state index contributed by atoms with van der Waals surface area (Å²) in [6.45, 7) is 0. The molecule has 0 heterocycles. The van der Waals surface area contributed by atoms with Crippen LogP contribution in [0.5, 0.6) is 0 Å². The first-order valence-corrected chi connectivity index (χ1v) is 4.14. The van der Waals surface area contributed by atoms with Crippen molar-refractivity contribution in [3.05, 3.63) is 32.5 Å². The third-order valence-corrected chi connectivity index (χ3v) is 2.43. The molecule has 0 aliphatic rings. The normalized spacial score (nSPS) is 10.2. The van der Waals surface area contributed by atoms with E-state index >= 15 is 0 Å². The zero-order valence-electron chi connectivity index (χ0n) is 5.88. The number of hydrogen-bond donors (Lipinski definition) is 0. The molecule has 0 saturated heterocycles. The van der Waals surface area contributed by atoms with Crippen molar-refractivity contribution < 1.29 is 18.0 Å². The molecule has 1 nitrogen and oxygen atoms in total. The lowest BCUT2D eigenvalue weighted by atomic mass is 10.2. The summed E-state index contributed by atoms with van der Waals surface area (Å²) in [6, 6.07) is 0. The Morgan fingerprint density at radius 2 is 1.69 bits per heavy atom. The van der Waals surface area contributed by atoms with Crippen LogP contribution in [-0.4, -0.2) is 6.29 Å². The van der Waals surface area contributed by atoms with E-state index in [4.69, 9.17) is 11.6 Å². The standard InChI is InChI=1S/C7HBrClF3O/c8-3-6(11)4(9)2(1-13)5(10)7(3)12/h1H. The van der Waals surface area contributed by atoms with Gasteiger partial charge in [0, 0.05) is 0 Å². The molecule has 6 heteroatoms. The largest absolute Gasteiger partial charge is 0.298 e. The number of rotatable bonds is 1. The molecule has 0 fully saturated rings. The highest BCUT2D eigenvalue weighted by atomic mass is 79.9. The minimum Gasteiger partial charge on any atom is -0.298 e. The van der Waals surface area contributed by atoms with Crippen molar-refractivity contribution in [2.75, 3.05) is 0 Å². The molecular weight excluding hydrogens is 272 g/mol. The van der Waals surface area contributed by atoms with Gasteiger partial charge in [-0.05, 0) is 15.9 Å². The molecule has 0 N–H and O–H groups in total. The summed E-state index contributed by atoms with van der Waals surface area (Å²) in [5, 5.41) is -0.735. The third kappa shape index (κ3) is 1.58. The topological polar surface area (TPSA) is 17.1 Å². The second-order valence-electron chi connectivity index (χ2n) is 2.10. The van der Waals surface area contributed by atoms with E-state index < -0.39 is 32.5 Å². The Bertz CT molecular complexity index is 351. The van der Waals surface area contributed by atoms with Crippen LogP contribution in [0.15, 0.2) is 4.47 Å². The van der Waals surface area contributed by atoms with Crippen molar-refractivity contribution in [3.8, 4) is 0 Å². The van der Waals surface area contributed by atoms with Gasteiger partial charge < -0.3 is 0 Å². The van der Waals surface area contributed by atoms with E-state index in [9.17, 15) is 18.0 Å². The first-order chi connectivity index (χ1) is 6.00. The van der Waals surface area contributed by atoms with E-state index in [-0.39, 0.29) is 6.29 Å². The second-order valence-corrected chi connectivity index (χ2v) is 3.27. The number of hydrogen-bond acceptors (Lipinski definition) is 1. The van der Waals surface area contributed by atoms with Crippen LogP contribution in [0.3, 0.4) is 0 Å². The first kappa shape index (κ1) is 10.5. The fourth-order valence-electron chi connectivity index (χ4n) is 0.725. The van der Waals surface area contributed by atoms with Gasteiger partial charge in [0.1, 0.15) is 0 Å². The van der Waals surface area contributed by atoms with Gasteiger partial charge in [0.05, 0.1) is 15.1 Å². The molecule has 0 atom stereocenters. The molecule has 0 bridgehead atoms. The van der Waals surface area contributed by atoms with Crippen LogP contribution in [0.1, 0.15) is 10.4 Å². The van der Waals surface area contributed by atoms with Crippen LogP contribution < -0.4 is 0 Å². The number of carbonyl (C=O) groups is 1. The maximum Gasteiger partial charge on any atom is 0.176 e. The lowest BCUT2D eigenvalue weighted by molar-refractivity contribution is 0.111. The predicted octanol–water partition coefficient (Wildman–Crippen LogP) is 3.33. The van der Waals surface area contributed by atoms with Gasteiger partial charge in [-0.2, -0.15) is 0 Å². The van der Waals surface area contributed by atoms with E-state index in [0.29, 0.717) is 0 Å². The molecule has 1 aromatic rings. The van der Waals surface area contributed by atoms with Gasteiger partial charge in [0.15, 0.2) is 23.7 Å². The quantitative estimate of drug-likeness (QED) is 0.436. The van der Waals surface area contributed by atoms with Crippen LogP contribution in [0.4, 0.5) is 13.2 Å². The lowest BCUT2D eigenvalue weighted by Gasteiger charge is -2.03. The molecule has 0 aromatic heterocycles. The van der Waals surface area contributed by atoms with E-state index in [2.05, 4.69) is 15.9 Å². The Morgan fingerprint density at radius 1 is 1.15 bits per heavy atom. The second kappa shape index (κ2) is 3.67. The predicted molar refractivity (Wildman–Crippen MR) is 44.4 cm³/mol. The maximum absolute atomic E-state index is 12.9. The van der Waals surface area contributed by atoms with Crippen molar-refractivity contribution >= 4 is 33.8 Å². The fourth-order valence-corrected chi connectivity index (χ4v) is 1.43. The molecule has 1 aromatic carbocycles. The summed E-state index contributed by atoms with van der Waals surface area (Å²) in [5.74, 6) is -4.13. The smallest absolute Gasteiger partial charge is 0.176 e. The molecule has 1 rings (SSSR count). The highest BCUT2D eigenvalue weighted by Gasteiger charge is 2.21. The highest BCUT2D eigenvalue weighted by Crippen LogP contribution is 2.31. The SMILES string of the molecule is O=Cc1c(F)c(F)c(Br)c(F)c1Cl. The zero-order valence-corrected chi connectivity index (χ0v) is 8.22. The fraction of sp³-hybridized carbons (Fsp3) is 0. The number of halogens is 5. The van der Waals surface area contributed by atoms with Crippen LogP contribution >= 0.6 is 27.5 Å². The van der Waals surface area contributed by atoms with Crippen LogP contribution in [0.25, 0.3) is 0 Å². The molecule has 0 spiro atoms. The average molecular weight is 273 g/mol. The van der Waals surface area contributed by atoms with Crippen molar-refractivity contribution in [2.45, 2.75) is 0 Å². The van der Waals surface area contributed by atoms with Gasteiger partial charge in [-0.25, -0.2) is 13.2 Å². The Balaban J connectivity index is 3.66. The Morgan fingerprint density at radius 3 is 2.15 bits per heavy atom. The van der Waals surface area contributed by atoms with E-state index in [1.165, 1.54) is 0 Å². The first-order valence-electron chi connectivity index (χ1n) is 2.97. The van der Waals surface area contributed by atoms with Crippen LogP contribution in [-0.2, 0) is 0 Å². The summed E-state index contributed by atoms with van der Waals surface area (Å²) in [6.07, 6.45) is -0.0454. The van der Waals surface area contributed by atoms with Crippen molar-refractivity contribution in [3.63, 3.8) is 0 Å². The van der Waals surface area contributed by atoms with E-state index in [1.807, 2.05) is 0 Å². The number of aldehydes is 1. The van der Waals surface area contributed by atoms with Crippen LogP contribution in [0, 0.1) is 17.5 Å². The minimum absolute atomic E-state index is 0.0454. The number of benzene rings is 1. The zero-order chi connectivity index (χ0) is 10.2. The van der Waals surface area contributed by atoms with Gasteiger partial charge in [-0.3, -0.25) is 4.79 Å². The average Bonchev–Trinajstić information content (AvgIpc) is 2.13. The van der Waals surface area contributed by atoms with E-state index in [1.54, 1.807) is 0 Å². The van der Waals surface area contributed by atoms with Crippen LogP contribution in [0.2, 0.25) is 5.02 Å². The van der Waals surface area contributed by atoms with Gasteiger partial charge >= 0.3 is 0 Å². The summed E-state index contributed by atoms with van der Waals surface area (Å²) in [5.41, 5.74) is -0.820. The molecule has 0 aliphatic carbocycles. The monoisotopic (exact) mass is 272 g/mol. The molecule has 0 aliphatic heterocycles. The summed E-state index contributed by atoms with van der Waals surface area (Å²) >= 11 is 7.69. The van der Waals surface area contributed by atoms with E-state index in [0.717, 1.165) is 0 Å². The summed E-state index contributed by atoms with van der Waals surface area (Å²) in [7, 11) is 0. The molecule has 0 unspecified atom stereocenters. The number of carbonyl (C=O) groups excluding carboxylic acids is 1. The molecule has 0 radical (unpaired) electrons. The lowest BCUT2D eigenvalue weighted by Crippen LogP contribution is -1.99. The Hall–Kier alpha value is -0.550. The molecule has 13 heavy (non-hydrogen) atoms. The molecular formula is C7HBrClF3O. The van der Waals surface area contributed by atoms with Gasteiger partial charge in [-0.1, -0.05) is 11.6 Å². The van der Waals surface area contributed by atoms with Crippen molar-refractivity contribution in [2.24, 2.45) is 0 Å². The highest BCUT2D eigenvalue weighted by molar-refractivity contribution is 9.10. The Labute approximate surface area is 84.6 Å². The summed E-state index contributed by atoms with van der Waals surface area (Å²) in [4.78, 5) is 10.2. The minimum atomic E-state index is -1.47. The van der Waals surface area contributed by atoms with Crippen molar-refractivity contribution in [1.29, 1.82) is 0 Å². The van der Waals surface area contributed by atoms with Gasteiger partial charge in [-0.15, -0.1) is 0 Å². The van der Waals surface area contributed by atoms with Gasteiger partial charge in [0.2, 0.25) is 0 Å². The maximum atomic E-state index is 12.9. The third-order valence-electron chi connectivity index (χ3n) is 1.36. The molecule has 0 amide bonds. The Kier molecular flexibility index (Phi) is 2.98. The van der Waals surface area contributed by atoms with Gasteiger partial charge in [0.25, 0.3) is 0 Å². The summed E-state index contributed by atoms with van der Waals surface area (Å²) < 4.78 is 37.7. The molecule has 0 saturated carbocycles. The molecule has 70 valence electrons. The van der Waals surface area contributed by atoms with Crippen molar-refractivity contribution in [1.82, 2.24) is 0 Å².